The Bertz CT molecular complexity index is 1780. The average molecular weight is 441 g/mol. The van der Waals surface area contributed by atoms with E-state index in [1.807, 2.05) is 12.1 Å². The topological polar surface area (TPSA) is 30.9 Å². The molecular weight excluding hydrogens is 420 g/mol. The van der Waals surface area contributed by atoms with E-state index in [1.165, 1.54) is 58.8 Å². The van der Waals surface area contributed by atoms with E-state index < -0.39 is 0 Å². The Morgan fingerprint density at radius 1 is 0.576 bits per heavy atom. The fourth-order valence-electron chi connectivity index (χ4n) is 5.08. The lowest BCUT2D eigenvalue weighted by atomic mass is 10.0. The molecule has 0 aliphatic rings. The van der Waals surface area contributed by atoms with E-state index in [-0.39, 0.29) is 0 Å². The van der Waals surface area contributed by atoms with E-state index in [9.17, 15) is 0 Å². The maximum Gasteiger partial charge on any atom is 0.0584 e. The monoisotopic (exact) mass is 440 g/mol. The summed E-state index contributed by atoms with van der Waals surface area (Å²) < 4.78 is 4.83. The molecule has 0 atom stereocenters. The summed E-state index contributed by atoms with van der Waals surface area (Å²) in [5.74, 6) is 0. The maximum atomic E-state index is 6.27. The van der Waals surface area contributed by atoms with Gasteiger partial charge in [0.2, 0.25) is 0 Å². The Kier molecular flexibility index (Phi) is 3.90. The summed E-state index contributed by atoms with van der Waals surface area (Å²) in [5, 5.41) is 5.04. The van der Waals surface area contributed by atoms with Gasteiger partial charge in [0.05, 0.1) is 21.4 Å². The molecule has 2 nitrogen and oxygen atoms in total. The van der Waals surface area contributed by atoms with Crippen molar-refractivity contribution in [2.45, 2.75) is 0 Å². The Hall–Kier alpha value is -4.08. The van der Waals surface area contributed by atoms with Crippen molar-refractivity contribution in [3.63, 3.8) is 0 Å². The molecule has 2 N–H and O–H groups in total. The lowest BCUT2D eigenvalue weighted by molar-refractivity contribution is 1.18. The van der Waals surface area contributed by atoms with Crippen LogP contribution in [0.25, 0.3) is 58.8 Å². The molecule has 5 aromatic carbocycles. The summed E-state index contributed by atoms with van der Waals surface area (Å²) in [6, 6.07) is 39.0. The highest BCUT2D eigenvalue weighted by atomic mass is 32.1. The van der Waals surface area contributed by atoms with Gasteiger partial charge in [0.15, 0.2) is 0 Å². The number of nitrogens with two attached hydrogens (primary N) is 1. The van der Waals surface area contributed by atoms with Crippen LogP contribution in [0.3, 0.4) is 0 Å². The lowest BCUT2D eigenvalue weighted by Gasteiger charge is -2.14. The highest BCUT2D eigenvalue weighted by Gasteiger charge is 2.16. The number of hydrogen-bond donors (Lipinski definition) is 1. The Balaban J connectivity index is 1.54. The van der Waals surface area contributed by atoms with Crippen molar-refractivity contribution < 1.29 is 0 Å². The molecule has 2 heterocycles. The van der Waals surface area contributed by atoms with Crippen LogP contribution >= 0.6 is 11.3 Å². The molecule has 2 aromatic heterocycles. The number of nitrogens with zero attached hydrogens (tertiary/aromatic N) is 1. The molecule has 0 aliphatic heterocycles. The summed E-state index contributed by atoms with van der Waals surface area (Å²) in [6.45, 7) is 0. The summed E-state index contributed by atoms with van der Waals surface area (Å²) in [5.41, 5.74) is 13.2. The third-order valence-corrected chi connectivity index (χ3v) is 7.80. The van der Waals surface area contributed by atoms with Crippen molar-refractivity contribution in [2.24, 2.45) is 0 Å². The number of nitrogen functional groups attached to an aromatic ring is 1. The molecule has 0 amide bonds. The molecule has 33 heavy (non-hydrogen) atoms. The zero-order valence-electron chi connectivity index (χ0n) is 17.8. The van der Waals surface area contributed by atoms with E-state index in [0.29, 0.717) is 0 Å². The molecule has 0 radical (unpaired) electrons. The lowest BCUT2D eigenvalue weighted by Crippen LogP contribution is -1.96. The third-order valence-electron chi connectivity index (χ3n) is 6.56. The number of hydrogen-bond acceptors (Lipinski definition) is 2. The average Bonchev–Trinajstić information content (AvgIpc) is 3.40. The number of aromatic nitrogens is 1. The van der Waals surface area contributed by atoms with Crippen LogP contribution in [-0.4, -0.2) is 4.57 Å². The van der Waals surface area contributed by atoms with Gasteiger partial charge in [-0.3, -0.25) is 0 Å². The second kappa shape index (κ2) is 6.96. The largest absolute Gasteiger partial charge is 0.398 e. The van der Waals surface area contributed by atoms with Crippen LogP contribution in [0.2, 0.25) is 0 Å². The minimum Gasteiger partial charge on any atom is -0.398 e. The smallest absolute Gasteiger partial charge is 0.0584 e. The van der Waals surface area contributed by atoms with Crippen molar-refractivity contribution in [1.82, 2.24) is 4.57 Å². The molecule has 0 saturated heterocycles. The number of rotatable bonds is 2. The first-order valence-electron chi connectivity index (χ1n) is 11.1. The number of thiophene rings is 1. The van der Waals surface area contributed by atoms with E-state index >= 15 is 0 Å². The van der Waals surface area contributed by atoms with Crippen molar-refractivity contribution in [1.29, 1.82) is 0 Å². The van der Waals surface area contributed by atoms with E-state index in [2.05, 4.69) is 102 Å². The second-order valence-corrected chi connectivity index (χ2v) is 9.48. The van der Waals surface area contributed by atoms with Crippen molar-refractivity contribution in [2.75, 3.05) is 5.73 Å². The first kappa shape index (κ1) is 18.5. The summed E-state index contributed by atoms with van der Waals surface area (Å²) in [6.07, 6.45) is 0. The quantitative estimate of drug-likeness (QED) is 0.269. The van der Waals surface area contributed by atoms with Crippen LogP contribution in [0.1, 0.15) is 0 Å². The van der Waals surface area contributed by atoms with Crippen LogP contribution in [0, 0.1) is 0 Å². The van der Waals surface area contributed by atoms with E-state index in [4.69, 9.17) is 5.73 Å². The van der Waals surface area contributed by atoms with Gasteiger partial charge in [0.25, 0.3) is 0 Å². The predicted octanol–water partition coefficient (Wildman–Crippen LogP) is 8.40. The number of benzene rings is 5. The van der Waals surface area contributed by atoms with Gasteiger partial charge >= 0.3 is 0 Å². The van der Waals surface area contributed by atoms with Crippen LogP contribution < -0.4 is 5.73 Å². The number of para-hydroxylation sites is 3. The fraction of sp³-hybridized carbons (Fsp3) is 0. The summed E-state index contributed by atoms with van der Waals surface area (Å²) in [4.78, 5) is 0. The first-order chi connectivity index (χ1) is 16.3. The second-order valence-electron chi connectivity index (χ2n) is 8.42. The molecule has 0 fully saturated rings. The predicted molar refractivity (Wildman–Crippen MR) is 144 cm³/mol. The molecule has 0 unspecified atom stereocenters. The highest BCUT2D eigenvalue weighted by molar-refractivity contribution is 7.26. The normalized spacial score (nSPS) is 11.8. The molecule has 156 valence electrons. The van der Waals surface area contributed by atoms with Gasteiger partial charge < -0.3 is 10.3 Å². The van der Waals surface area contributed by atoms with Gasteiger partial charge in [-0.1, -0.05) is 72.8 Å². The zero-order valence-corrected chi connectivity index (χ0v) is 18.6. The minimum absolute atomic E-state index is 0.848. The van der Waals surface area contributed by atoms with Crippen LogP contribution in [-0.2, 0) is 0 Å². The van der Waals surface area contributed by atoms with Gasteiger partial charge in [-0.2, -0.15) is 0 Å². The molecule has 0 saturated carbocycles. The van der Waals surface area contributed by atoms with Gasteiger partial charge in [-0.05, 0) is 42.0 Å². The van der Waals surface area contributed by atoms with Crippen LogP contribution in [0.4, 0.5) is 5.69 Å². The van der Waals surface area contributed by atoms with Crippen LogP contribution in [0.5, 0.6) is 0 Å². The number of fused-ring (bicyclic) bond motifs is 6. The fourth-order valence-corrected chi connectivity index (χ4v) is 6.19. The van der Waals surface area contributed by atoms with Crippen molar-refractivity contribution in [3.8, 4) is 16.8 Å². The number of anilines is 1. The van der Waals surface area contributed by atoms with Gasteiger partial charge in [-0.15, -0.1) is 11.3 Å². The molecular formula is C30H20N2S. The first-order valence-corrected chi connectivity index (χ1v) is 11.9. The Morgan fingerprint density at radius 2 is 1.24 bits per heavy atom. The molecule has 0 bridgehead atoms. The molecule has 0 spiro atoms. The van der Waals surface area contributed by atoms with Crippen molar-refractivity contribution in [3.05, 3.63) is 109 Å². The molecule has 7 aromatic rings. The minimum atomic E-state index is 0.848. The molecule has 7 rings (SSSR count). The third kappa shape index (κ3) is 2.66. The zero-order chi connectivity index (χ0) is 21.9. The van der Waals surface area contributed by atoms with Crippen molar-refractivity contribution >= 4 is 59.0 Å². The molecule has 0 aliphatic carbocycles. The summed E-state index contributed by atoms with van der Waals surface area (Å²) >= 11 is 1.77. The van der Waals surface area contributed by atoms with Crippen LogP contribution in [0.15, 0.2) is 109 Å². The van der Waals surface area contributed by atoms with E-state index in [0.717, 1.165) is 5.69 Å². The Labute approximate surface area is 195 Å². The summed E-state index contributed by atoms with van der Waals surface area (Å²) in [7, 11) is 0. The van der Waals surface area contributed by atoms with Gasteiger partial charge in [0, 0.05) is 37.5 Å². The standard InChI is InChI=1S/C30H20N2S/c31-25-12-7-11-23-24-18-19(16-17-29(24)33-30(23)25)20-8-1-4-13-26(20)32-27-14-5-2-9-21(27)22-10-3-6-15-28(22)32/h1-18H,31H2. The maximum absolute atomic E-state index is 6.27. The van der Waals surface area contributed by atoms with E-state index in [1.54, 1.807) is 11.3 Å². The highest BCUT2D eigenvalue weighted by Crippen LogP contribution is 2.41. The van der Waals surface area contributed by atoms with Gasteiger partial charge in [-0.25, -0.2) is 0 Å². The van der Waals surface area contributed by atoms with Gasteiger partial charge in [0.1, 0.15) is 0 Å². The SMILES string of the molecule is Nc1cccc2c1sc1ccc(-c3ccccc3-n3c4ccccc4c4ccccc43)cc12. The molecule has 3 heteroatoms. The Morgan fingerprint density at radius 3 is 2.03 bits per heavy atom.